The summed E-state index contributed by atoms with van der Waals surface area (Å²) in [6, 6.07) is 24.4. The third-order valence-electron chi connectivity index (χ3n) is 7.58. The van der Waals surface area contributed by atoms with Crippen molar-refractivity contribution in [3.05, 3.63) is 90.0 Å². The Bertz CT molecular complexity index is 1310. The molecule has 1 amide bonds. The number of amides is 1. The Balaban J connectivity index is 1.21. The summed E-state index contributed by atoms with van der Waals surface area (Å²) in [7, 11) is -1.78. The molecule has 2 saturated heterocycles. The predicted octanol–water partition coefficient (Wildman–Crippen LogP) is 5.20. The van der Waals surface area contributed by atoms with Crippen LogP contribution in [0.2, 0.25) is 0 Å². The maximum Gasteiger partial charge on any atom is 0.223 e. The number of aryl methyl sites for hydroxylation is 1. The second-order valence-corrected chi connectivity index (χ2v) is 12.1. The van der Waals surface area contributed by atoms with E-state index in [1.54, 1.807) is 31.4 Å². The molecule has 3 aromatic rings. The average molecular weight is 520 g/mol. The van der Waals surface area contributed by atoms with Crippen LogP contribution in [0.15, 0.2) is 83.8 Å². The topological polar surface area (TPSA) is 72.9 Å². The number of carbonyl (C=O) groups excluding carboxylic acids is 1. The highest BCUT2D eigenvalue weighted by Gasteiger charge is 2.46. The first-order valence-corrected chi connectivity index (χ1v) is 14.4. The van der Waals surface area contributed by atoms with Crippen molar-refractivity contribution < 1.29 is 22.7 Å². The number of methoxy groups -OCH3 is 1. The lowest BCUT2D eigenvalue weighted by atomic mass is 10.0. The van der Waals surface area contributed by atoms with Crippen LogP contribution in [0.1, 0.15) is 43.2 Å². The fraction of sp³-hybridized carbons (Fsp3) is 0.367. The Morgan fingerprint density at radius 2 is 1.51 bits per heavy atom. The summed E-state index contributed by atoms with van der Waals surface area (Å²) in [6.07, 6.45) is 3.74. The number of sulfone groups is 1. The molecule has 0 radical (unpaired) electrons. The van der Waals surface area contributed by atoms with Gasteiger partial charge in [0.15, 0.2) is 21.3 Å². The minimum Gasteiger partial charge on any atom is -0.493 e. The fourth-order valence-electron chi connectivity index (χ4n) is 5.70. The predicted molar refractivity (Wildman–Crippen MR) is 142 cm³/mol. The van der Waals surface area contributed by atoms with Crippen molar-refractivity contribution in [2.24, 2.45) is 0 Å². The molecule has 7 heteroatoms. The van der Waals surface area contributed by atoms with Crippen LogP contribution < -0.4 is 9.47 Å². The Labute approximate surface area is 219 Å². The van der Waals surface area contributed by atoms with Crippen LogP contribution in [-0.4, -0.2) is 43.7 Å². The van der Waals surface area contributed by atoms with Crippen LogP contribution >= 0.6 is 0 Å². The summed E-state index contributed by atoms with van der Waals surface area (Å²) in [6.45, 7) is 0.434. The van der Waals surface area contributed by atoms with E-state index in [0.29, 0.717) is 48.7 Å². The smallest absolute Gasteiger partial charge is 0.223 e. The number of hydrogen-bond acceptors (Lipinski definition) is 5. The molecule has 3 aromatic carbocycles. The molecule has 5 rings (SSSR count). The molecule has 0 aromatic heterocycles. The third kappa shape index (κ3) is 5.52. The summed E-state index contributed by atoms with van der Waals surface area (Å²) < 4.78 is 37.9. The number of rotatable bonds is 9. The van der Waals surface area contributed by atoms with Crippen LogP contribution in [-0.2, 0) is 27.7 Å². The van der Waals surface area contributed by atoms with Crippen LogP contribution in [0.25, 0.3) is 0 Å². The maximum absolute atomic E-state index is 13.3. The molecule has 2 bridgehead atoms. The second-order valence-electron chi connectivity index (χ2n) is 9.90. The minimum atomic E-state index is -3.39. The van der Waals surface area contributed by atoms with Crippen molar-refractivity contribution in [3.63, 3.8) is 0 Å². The van der Waals surface area contributed by atoms with E-state index in [-0.39, 0.29) is 18.0 Å². The molecule has 2 atom stereocenters. The lowest BCUT2D eigenvalue weighted by Crippen LogP contribution is -2.49. The van der Waals surface area contributed by atoms with Gasteiger partial charge in [-0.15, -0.1) is 0 Å². The van der Waals surface area contributed by atoms with Crippen molar-refractivity contribution >= 4 is 15.7 Å². The number of ether oxygens (including phenoxy) is 2. The molecule has 194 valence electrons. The molecule has 2 fully saturated rings. The molecule has 2 heterocycles. The number of carbonyl (C=O) groups is 1. The van der Waals surface area contributed by atoms with Gasteiger partial charge in [-0.25, -0.2) is 8.42 Å². The van der Waals surface area contributed by atoms with Gasteiger partial charge in [0.25, 0.3) is 0 Å². The summed E-state index contributed by atoms with van der Waals surface area (Å²) >= 11 is 0. The number of benzene rings is 3. The summed E-state index contributed by atoms with van der Waals surface area (Å²) in [5.41, 5.74) is 2.07. The van der Waals surface area contributed by atoms with Gasteiger partial charge >= 0.3 is 0 Å². The second kappa shape index (κ2) is 11.0. The average Bonchev–Trinajstić information content (AvgIpc) is 3.20. The molecule has 2 aliphatic heterocycles. The van der Waals surface area contributed by atoms with E-state index < -0.39 is 15.1 Å². The van der Waals surface area contributed by atoms with Gasteiger partial charge in [0.2, 0.25) is 5.91 Å². The Hall–Kier alpha value is -3.32. The van der Waals surface area contributed by atoms with E-state index >= 15 is 0 Å². The first-order chi connectivity index (χ1) is 18.0. The molecule has 2 aliphatic rings. The van der Waals surface area contributed by atoms with Crippen molar-refractivity contribution in [2.75, 3.05) is 7.11 Å². The fourth-order valence-corrected chi connectivity index (χ4v) is 7.57. The number of nitrogens with zero attached hydrogens (tertiary/aromatic N) is 1. The van der Waals surface area contributed by atoms with E-state index in [1.807, 2.05) is 59.5 Å². The van der Waals surface area contributed by atoms with Gasteiger partial charge in [-0.1, -0.05) is 54.6 Å². The van der Waals surface area contributed by atoms with Crippen molar-refractivity contribution in [2.45, 2.75) is 67.4 Å². The molecule has 6 nitrogen and oxygen atoms in total. The zero-order valence-corrected chi connectivity index (χ0v) is 21.9. The van der Waals surface area contributed by atoms with E-state index in [9.17, 15) is 13.2 Å². The zero-order chi connectivity index (χ0) is 25.8. The van der Waals surface area contributed by atoms with Crippen molar-refractivity contribution in [1.29, 1.82) is 0 Å². The Morgan fingerprint density at radius 3 is 2.16 bits per heavy atom. The van der Waals surface area contributed by atoms with Crippen LogP contribution in [0.3, 0.4) is 0 Å². The highest BCUT2D eigenvalue weighted by atomic mass is 32.2. The molecule has 37 heavy (non-hydrogen) atoms. The minimum absolute atomic E-state index is 0.00429. The first kappa shape index (κ1) is 25.3. The standard InChI is InChI=1S/C30H33NO5S/c1-35-28-16-12-22(18-29(28)36-21-23-8-4-2-5-9-23)13-17-30(32)31-24-14-15-25(31)20-27(19-24)37(33,34)26-10-6-3-7-11-26/h2-12,16,18,24-25,27H,13-15,17,19-21H2,1H3. The van der Waals surface area contributed by atoms with Gasteiger partial charge in [-0.05, 0) is 67.5 Å². The van der Waals surface area contributed by atoms with Gasteiger partial charge in [0, 0.05) is 18.5 Å². The van der Waals surface area contributed by atoms with Crippen LogP contribution in [0.5, 0.6) is 11.5 Å². The molecular formula is C30H33NO5S. The van der Waals surface area contributed by atoms with Gasteiger partial charge in [-0.3, -0.25) is 4.79 Å². The molecule has 0 saturated carbocycles. The van der Waals surface area contributed by atoms with Crippen molar-refractivity contribution in [3.8, 4) is 11.5 Å². The lowest BCUT2D eigenvalue weighted by Gasteiger charge is -2.38. The normalized spacial score (nSPS) is 21.0. The lowest BCUT2D eigenvalue weighted by molar-refractivity contribution is -0.135. The highest BCUT2D eigenvalue weighted by Crippen LogP contribution is 2.40. The van der Waals surface area contributed by atoms with Gasteiger partial charge in [0.1, 0.15) is 6.61 Å². The summed E-state index contributed by atoms with van der Waals surface area (Å²) in [5, 5.41) is -0.428. The Morgan fingerprint density at radius 1 is 0.865 bits per heavy atom. The summed E-state index contributed by atoms with van der Waals surface area (Å²) in [5.74, 6) is 1.42. The summed E-state index contributed by atoms with van der Waals surface area (Å²) in [4.78, 5) is 15.7. The Kier molecular flexibility index (Phi) is 7.51. The van der Waals surface area contributed by atoms with E-state index in [4.69, 9.17) is 9.47 Å². The monoisotopic (exact) mass is 519 g/mol. The number of fused-ring (bicyclic) bond motifs is 2. The maximum atomic E-state index is 13.3. The number of piperidine rings is 1. The SMILES string of the molecule is COc1ccc(CCC(=O)N2C3CCC2CC(S(=O)(=O)c2ccccc2)C3)cc1OCc1ccccc1. The van der Waals surface area contributed by atoms with Crippen molar-refractivity contribution in [1.82, 2.24) is 4.90 Å². The van der Waals surface area contributed by atoms with Crippen LogP contribution in [0.4, 0.5) is 0 Å². The van der Waals surface area contributed by atoms with E-state index in [1.165, 1.54) is 0 Å². The third-order valence-corrected chi connectivity index (χ3v) is 9.77. The van der Waals surface area contributed by atoms with Gasteiger partial charge in [-0.2, -0.15) is 0 Å². The largest absolute Gasteiger partial charge is 0.493 e. The quantitative estimate of drug-likeness (QED) is 0.388. The number of hydrogen-bond donors (Lipinski definition) is 0. The van der Waals surface area contributed by atoms with E-state index in [0.717, 1.165) is 24.0 Å². The van der Waals surface area contributed by atoms with E-state index in [2.05, 4.69) is 0 Å². The molecule has 0 aliphatic carbocycles. The molecular weight excluding hydrogens is 486 g/mol. The highest BCUT2D eigenvalue weighted by molar-refractivity contribution is 7.92. The zero-order valence-electron chi connectivity index (χ0n) is 21.1. The van der Waals surface area contributed by atoms with Crippen LogP contribution in [0, 0.1) is 0 Å². The first-order valence-electron chi connectivity index (χ1n) is 12.9. The molecule has 0 spiro atoms. The van der Waals surface area contributed by atoms with Gasteiger partial charge in [0.05, 0.1) is 17.3 Å². The molecule has 0 N–H and O–H groups in total. The van der Waals surface area contributed by atoms with Gasteiger partial charge < -0.3 is 14.4 Å². The molecule has 2 unspecified atom stereocenters.